The van der Waals surface area contributed by atoms with E-state index in [-0.39, 0.29) is 0 Å². The number of hydrogen-bond acceptors (Lipinski definition) is 4. The van der Waals surface area contributed by atoms with Crippen LogP contribution in [0.3, 0.4) is 0 Å². The van der Waals surface area contributed by atoms with Gasteiger partial charge in [0.1, 0.15) is 0 Å². The summed E-state index contributed by atoms with van der Waals surface area (Å²) in [7, 11) is 0. The lowest BCUT2D eigenvalue weighted by molar-refractivity contribution is 0.995. The van der Waals surface area contributed by atoms with Crippen molar-refractivity contribution in [1.82, 2.24) is 0 Å². The summed E-state index contributed by atoms with van der Waals surface area (Å²) < 4.78 is 1.43. The lowest BCUT2D eigenvalue weighted by atomic mass is 10.3. The molecule has 0 radical (unpaired) electrons. The maximum absolute atomic E-state index is 3.48. The predicted octanol–water partition coefficient (Wildman–Crippen LogP) is 4.07. The zero-order valence-electron chi connectivity index (χ0n) is 7.40. The second kappa shape index (κ2) is 3.61. The van der Waals surface area contributed by atoms with E-state index >= 15 is 0 Å². The fourth-order valence-electron chi connectivity index (χ4n) is 1.52. The maximum Gasteiger partial charge on any atom is 0.0837 e. The van der Waals surface area contributed by atoms with Crippen molar-refractivity contribution in [3.8, 4) is 0 Å². The highest BCUT2D eigenvalue weighted by atomic mass is 32.2. The number of hydrogen-bond donors (Lipinski definition) is 1. The normalized spacial score (nSPS) is 20.1. The highest BCUT2D eigenvalue weighted by Crippen LogP contribution is 2.46. The van der Waals surface area contributed by atoms with E-state index in [1.165, 1.54) is 14.8 Å². The molecule has 0 spiro atoms. The molecule has 0 bridgehead atoms. The van der Waals surface area contributed by atoms with E-state index in [1.807, 2.05) is 34.4 Å². The Balaban J connectivity index is 1.88. The third-order valence-electron chi connectivity index (χ3n) is 2.22. The standard InChI is InChI=1S/C10H9NS3/c1-2-8(12-4-1)9-6-11-7-3-5-13-10(7)14-9/h1-5,9,11H,6H2. The Kier molecular flexibility index (Phi) is 2.27. The van der Waals surface area contributed by atoms with Crippen molar-refractivity contribution in [1.29, 1.82) is 0 Å². The minimum absolute atomic E-state index is 0.598. The summed E-state index contributed by atoms with van der Waals surface area (Å²) >= 11 is 5.67. The second-order valence-corrected chi connectivity index (χ2v) is 6.49. The van der Waals surface area contributed by atoms with Crippen molar-refractivity contribution in [3.63, 3.8) is 0 Å². The fourth-order valence-corrected chi connectivity index (χ4v) is 4.76. The van der Waals surface area contributed by atoms with Gasteiger partial charge in [0.05, 0.1) is 15.1 Å². The van der Waals surface area contributed by atoms with Gasteiger partial charge in [-0.2, -0.15) is 0 Å². The molecule has 3 heterocycles. The molecule has 4 heteroatoms. The number of fused-ring (bicyclic) bond motifs is 1. The Bertz CT molecular complexity index is 418. The Labute approximate surface area is 95.2 Å². The Morgan fingerprint density at radius 2 is 2.21 bits per heavy atom. The van der Waals surface area contributed by atoms with Gasteiger partial charge in [-0.25, -0.2) is 0 Å². The van der Waals surface area contributed by atoms with Gasteiger partial charge < -0.3 is 5.32 Å². The van der Waals surface area contributed by atoms with Crippen molar-refractivity contribution in [2.45, 2.75) is 9.46 Å². The van der Waals surface area contributed by atoms with Gasteiger partial charge in [-0.3, -0.25) is 0 Å². The summed E-state index contributed by atoms with van der Waals surface area (Å²) in [4.78, 5) is 1.47. The highest BCUT2D eigenvalue weighted by Gasteiger charge is 2.21. The molecular formula is C10H9NS3. The molecule has 1 aliphatic heterocycles. The molecule has 0 saturated heterocycles. The zero-order chi connectivity index (χ0) is 9.38. The van der Waals surface area contributed by atoms with Gasteiger partial charge in [0.25, 0.3) is 0 Å². The van der Waals surface area contributed by atoms with E-state index in [4.69, 9.17) is 0 Å². The predicted molar refractivity (Wildman–Crippen MR) is 65.7 cm³/mol. The Morgan fingerprint density at radius 3 is 3.07 bits per heavy atom. The number of thiophene rings is 2. The van der Waals surface area contributed by atoms with Gasteiger partial charge in [-0.1, -0.05) is 6.07 Å². The number of thioether (sulfide) groups is 1. The molecule has 1 aliphatic rings. The number of anilines is 1. The van der Waals surface area contributed by atoms with Gasteiger partial charge in [0, 0.05) is 11.4 Å². The summed E-state index contributed by atoms with van der Waals surface area (Å²) in [6.45, 7) is 1.05. The molecule has 1 unspecified atom stereocenters. The molecule has 0 aliphatic carbocycles. The highest BCUT2D eigenvalue weighted by molar-refractivity contribution is 8.01. The number of rotatable bonds is 1. The molecular weight excluding hydrogens is 230 g/mol. The molecule has 0 fully saturated rings. The van der Waals surface area contributed by atoms with Crippen LogP contribution in [-0.2, 0) is 0 Å². The lowest BCUT2D eigenvalue weighted by Crippen LogP contribution is -2.12. The lowest BCUT2D eigenvalue weighted by Gasteiger charge is -2.21. The monoisotopic (exact) mass is 239 g/mol. The molecule has 1 atom stereocenters. The topological polar surface area (TPSA) is 12.0 Å². The van der Waals surface area contributed by atoms with Crippen LogP contribution in [0.2, 0.25) is 0 Å². The molecule has 1 nitrogen and oxygen atoms in total. The SMILES string of the molecule is c1csc(C2CNc3ccsc3S2)c1. The van der Waals surface area contributed by atoms with Crippen LogP contribution in [0.25, 0.3) is 0 Å². The minimum Gasteiger partial charge on any atom is -0.382 e. The van der Waals surface area contributed by atoms with E-state index in [2.05, 4.69) is 34.3 Å². The van der Waals surface area contributed by atoms with Crippen LogP contribution < -0.4 is 5.32 Å². The van der Waals surface area contributed by atoms with Crippen LogP contribution in [0.5, 0.6) is 0 Å². The first kappa shape index (κ1) is 8.83. The van der Waals surface area contributed by atoms with Crippen molar-refractivity contribution < 1.29 is 0 Å². The average molecular weight is 239 g/mol. The van der Waals surface area contributed by atoms with Crippen molar-refractivity contribution in [2.75, 3.05) is 11.9 Å². The minimum atomic E-state index is 0.598. The Hall–Kier alpha value is -0.450. The van der Waals surface area contributed by atoms with Crippen LogP contribution in [-0.4, -0.2) is 6.54 Å². The van der Waals surface area contributed by atoms with Gasteiger partial charge in [-0.05, 0) is 22.9 Å². The van der Waals surface area contributed by atoms with E-state index in [9.17, 15) is 0 Å². The maximum atomic E-state index is 3.48. The van der Waals surface area contributed by atoms with E-state index in [0.29, 0.717) is 5.25 Å². The molecule has 14 heavy (non-hydrogen) atoms. The van der Waals surface area contributed by atoms with Gasteiger partial charge in [0.15, 0.2) is 0 Å². The first-order valence-corrected chi connectivity index (χ1v) is 7.09. The molecule has 1 N–H and O–H groups in total. The smallest absolute Gasteiger partial charge is 0.0837 e. The van der Waals surface area contributed by atoms with Crippen LogP contribution in [0.15, 0.2) is 33.2 Å². The molecule has 0 saturated carbocycles. The van der Waals surface area contributed by atoms with Crippen LogP contribution in [0.1, 0.15) is 10.1 Å². The summed E-state index contributed by atoms with van der Waals surface area (Å²) in [5, 5.41) is 8.38. The third kappa shape index (κ3) is 1.47. The Morgan fingerprint density at radius 1 is 1.21 bits per heavy atom. The first-order valence-electron chi connectivity index (χ1n) is 4.45. The molecule has 3 rings (SSSR count). The number of nitrogens with one attached hydrogen (secondary N) is 1. The largest absolute Gasteiger partial charge is 0.382 e. The second-order valence-electron chi connectivity index (χ2n) is 3.12. The van der Waals surface area contributed by atoms with E-state index < -0.39 is 0 Å². The fraction of sp³-hybridized carbons (Fsp3) is 0.200. The molecule has 2 aromatic heterocycles. The van der Waals surface area contributed by atoms with E-state index in [1.54, 1.807) is 0 Å². The third-order valence-corrected chi connectivity index (χ3v) is 5.78. The van der Waals surface area contributed by atoms with E-state index in [0.717, 1.165) is 6.54 Å². The van der Waals surface area contributed by atoms with Gasteiger partial charge in [-0.15, -0.1) is 34.4 Å². The van der Waals surface area contributed by atoms with Crippen LogP contribution in [0.4, 0.5) is 5.69 Å². The zero-order valence-corrected chi connectivity index (χ0v) is 9.85. The molecule has 2 aromatic rings. The summed E-state index contributed by atoms with van der Waals surface area (Å²) in [6.07, 6.45) is 0. The van der Waals surface area contributed by atoms with Crippen molar-refractivity contribution >= 4 is 40.1 Å². The molecule has 0 aromatic carbocycles. The summed E-state index contributed by atoms with van der Waals surface area (Å²) in [5.74, 6) is 0. The van der Waals surface area contributed by atoms with Gasteiger partial charge in [0.2, 0.25) is 0 Å². The summed E-state index contributed by atoms with van der Waals surface area (Å²) in [6, 6.07) is 6.52. The average Bonchev–Trinajstić information content (AvgIpc) is 2.88. The van der Waals surface area contributed by atoms with Gasteiger partial charge >= 0.3 is 0 Å². The van der Waals surface area contributed by atoms with Crippen LogP contribution in [0, 0.1) is 0 Å². The van der Waals surface area contributed by atoms with Crippen LogP contribution >= 0.6 is 34.4 Å². The summed E-state index contributed by atoms with van der Waals surface area (Å²) in [5.41, 5.74) is 1.31. The molecule has 72 valence electrons. The molecule has 0 amide bonds. The van der Waals surface area contributed by atoms with Crippen molar-refractivity contribution in [3.05, 3.63) is 33.8 Å². The quantitative estimate of drug-likeness (QED) is 0.805. The van der Waals surface area contributed by atoms with Crippen molar-refractivity contribution in [2.24, 2.45) is 0 Å². The first-order chi connectivity index (χ1) is 6.93.